The molecule has 0 saturated carbocycles. The fourth-order valence-corrected chi connectivity index (χ4v) is 0.845. The van der Waals surface area contributed by atoms with Gasteiger partial charge in [-0.1, -0.05) is 0 Å². The van der Waals surface area contributed by atoms with Crippen molar-refractivity contribution in [3.63, 3.8) is 0 Å². The van der Waals surface area contributed by atoms with Crippen LogP contribution in [0.25, 0.3) is 4.98 Å². The molecule has 0 aliphatic carbocycles. The fourth-order valence-electron chi connectivity index (χ4n) is 0.845. The highest BCUT2D eigenvalue weighted by molar-refractivity contribution is 5.79. The smallest absolute Gasteiger partial charge is 0.298 e. The second-order valence-electron chi connectivity index (χ2n) is 2.22. The first-order chi connectivity index (χ1) is 6.19. The van der Waals surface area contributed by atoms with Crippen molar-refractivity contribution >= 4 is 17.7 Å². The molecule has 0 aromatic heterocycles. The Kier molecular flexibility index (Phi) is 2.31. The van der Waals surface area contributed by atoms with Crippen LogP contribution in [0.5, 0.6) is 0 Å². The number of aldehydes is 1. The molecule has 6 heteroatoms. The molecule has 0 amide bonds. The summed E-state index contributed by atoms with van der Waals surface area (Å²) in [4.78, 5) is 22.6. The Bertz CT molecular complexity index is 408. The summed E-state index contributed by atoms with van der Waals surface area (Å²) < 4.78 is 0. The minimum absolute atomic E-state index is 0.166. The second-order valence-corrected chi connectivity index (χ2v) is 2.22. The van der Waals surface area contributed by atoms with Gasteiger partial charge in [0.1, 0.15) is 6.29 Å². The molecule has 0 bridgehead atoms. The van der Waals surface area contributed by atoms with E-state index in [0.29, 0.717) is 6.29 Å². The molecule has 0 fully saturated rings. The number of nitro benzene ring substituents is 1. The van der Waals surface area contributed by atoms with Crippen molar-refractivity contribution in [3.05, 3.63) is 38.9 Å². The third-order valence-electron chi connectivity index (χ3n) is 1.44. The van der Waals surface area contributed by atoms with Gasteiger partial charge in [-0.15, -0.1) is 0 Å². The molecular formula is C7H4N3O3+. The van der Waals surface area contributed by atoms with Gasteiger partial charge in [-0.05, 0) is 6.07 Å². The third kappa shape index (κ3) is 1.65. The molecule has 0 atom stereocenters. The molecule has 0 radical (unpaired) electrons. The lowest BCUT2D eigenvalue weighted by atomic mass is 10.2. The predicted molar refractivity (Wildman–Crippen MR) is 43.2 cm³/mol. The lowest BCUT2D eigenvalue weighted by Gasteiger charge is -1.88. The molecule has 0 aliphatic heterocycles. The van der Waals surface area contributed by atoms with E-state index in [-0.39, 0.29) is 11.3 Å². The quantitative estimate of drug-likeness (QED) is 0.299. The Morgan fingerprint density at radius 1 is 1.54 bits per heavy atom. The van der Waals surface area contributed by atoms with Crippen molar-refractivity contribution in [2.75, 3.05) is 0 Å². The van der Waals surface area contributed by atoms with Crippen molar-refractivity contribution in [3.8, 4) is 0 Å². The number of carbonyl (C=O) groups excluding carboxylic acids is 1. The molecule has 6 nitrogen and oxygen atoms in total. The summed E-state index contributed by atoms with van der Waals surface area (Å²) in [5.74, 6) is 0. The first kappa shape index (κ1) is 8.80. The summed E-state index contributed by atoms with van der Waals surface area (Å²) in [7, 11) is 0. The van der Waals surface area contributed by atoms with E-state index in [0.717, 1.165) is 6.07 Å². The minimum atomic E-state index is -0.720. The van der Waals surface area contributed by atoms with Crippen molar-refractivity contribution < 1.29 is 9.72 Å². The van der Waals surface area contributed by atoms with Gasteiger partial charge in [-0.25, -0.2) is 0 Å². The van der Waals surface area contributed by atoms with E-state index in [4.69, 9.17) is 5.39 Å². The fraction of sp³-hybridized carbons (Fsp3) is 0. The zero-order valence-corrected chi connectivity index (χ0v) is 6.38. The van der Waals surface area contributed by atoms with Crippen molar-refractivity contribution in [1.82, 2.24) is 0 Å². The average molecular weight is 178 g/mol. The highest BCUT2D eigenvalue weighted by Gasteiger charge is 2.24. The van der Waals surface area contributed by atoms with Crippen LogP contribution in [-0.4, -0.2) is 11.2 Å². The largest absolute Gasteiger partial charge is 0.461 e. The Morgan fingerprint density at radius 2 is 2.23 bits per heavy atom. The standard InChI is InChI=1S/C7H4N3O3/c8-9-6-2-1-5(4-11)3-7(6)10(12)13/h1-4H/q+1. The van der Waals surface area contributed by atoms with Crippen molar-refractivity contribution in [2.24, 2.45) is 0 Å². The van der Waals surface area contributed by atoms with Crippen LogP contribution in [0.2, 0.25) is 0 Å². The molecular weight excluding hydrogens is 174 g/mol. The molecule has 0 unspecified atom stereocenters. The number of diazo groups is 1. The second kappa shape index (κ2) is 3.40. The van der Waals surface area contributed by atoms with Gasteiger partial charge in [0.05, 0.1) is 4.92 Å². The molecule has 0 heterocycles. The number of rotatable bonds is 2. The molecule has 13 heavy (non-hydrogen) atoms. The Labute approximate surface area is 72.6 Å². The van der Waals surface area contributed by atoms with E-state index < -0.39 is 10.6 Å². The summed E-state index contributed by atoms with van der Waals surface area (Å²) in [5.41, 5.74) is -0.401. The van der Waals surface area contributed by atoms with Gasteiger partial charge in [0.2, 0.25) is 5.39 Å². The normalized spacial score (nSPS) is 8.85. The summed E-state index contributed by atoms with van der Waals surface area (Å²) in [5, 5.41) is 18.7. The Hall–Kier alpha value is -2.29. The van der Waals surface area contributed by atoms with E-state index >= 15 is 0 Å². The summed E-state index contributed by atoms with van der Waals surface area (Å²) >= 11 is 0. The van der Waals surface area contributed by atoms with E-state index in [2.05, 4.69) is 4.98 Å². The molecule has 1 rings (SSSR count). The van der Waals surface area contributed by atoms with Crippen molar-refractivity contribution in [2.45, 2.75) is 0 Å². The summed E-state index contributed by atoms with van der Waals surface area (Å²) in [6, 6.07) is 3.57. The Morgan fingerprint density at radius 3 is 2.69 bits per heavy atom. The number of benzene rings is 1. The maximum Gasteiger partial charge on any atom is 0.461 e. The third-order valence-corrected chi connectivity index (χ3v) is 1.44. The van der Waals surface area contributed by atoms with Gasteiger partial charge < -0.3 is 0 Å². The molecule has 1 aromatic carbocycles. The summed E-state index contributed by atoms with van der Waals surface area (Å²) in [6.45, 7) is 0. The van der Waals surface area contributed by atoms with Gasteiger partial charge in [-0.3, -0.25) is 14.9 Å². The van der Waals surface area contributed by atoms with Crippen LogP contribution in [0, 0.1) is 15.5 Å². The van der Waals surface area contributed by atoms with Gasteiger partial charge >= 0.3 is 11.4 Å². The van der Waals surface area contributed by atoms with Crippen LogP contribution < -0.4 is 0 Å². The van der Waals surface area contributed by atoms with Crippen LogP contribution >= 0.6 is 0 Å². The van der Waals surface area contributed by atoms with Crippen LogP contribution in [0.3, 0.4) is 0 Å². The minimum Gasteiger partial charge on any atom is -0.298 e. The van der Waals surface area contributed by atoms with Gasteiger partial charge in [0, 0.05) is 17.7 Å². The number of nitro groups is 1. The zero-order valence-electron chi connectivity index (χ0n) is 6.38. The Balaban J connectivity index is 3.36. The number of hydrogen-bond acceptors (Lipinski definition) is 4. The maximum atomic E-state index is 10.4. The number of carbonyl (C=O) groups is 1. The zero-order chi connectivity index (χ0) is 9.84. The SMILES string of the molecule is N#[N+]c1ccc(C=O)cc1[N+](=O)[O-]. The number of nitrogens with zero attached hydrogens (tertiary/aromatic N) is 3. The van der Waals surface area contributed by atoms with Gasteiger partial charge in [0.25, 0.3) is 0 Å². The maximum absolute atomic E-state index is 10.4. The van der Waals surface area contributed by atoms with E-state index in [1.807, 2.05) is 0 Å². The molecule has 1 aromatic rings. The van der Waals surface area contributed by atoms with Crippen LogP contribution in [0.15, 0.2) is 18.2 Å². The van der Waals surface area contributed by atoms with Crippen molar-refractivity contribution in [1.29, 1.82) is 5.39 Å². The molecule has 0 aliphatic rings. The van der Waals surface area contributed by atoms with Gasteiger partial charge in [0.15, 0.2) is 4.98 Å². The predicted octanol–water partition coefficient (Wildman–Crippen LogP) is 1.89. The highest BCUT2D eigenvalue weighted by atomic mass is 16.6. The van der Waals surface area contributed by atoms with E-state index in [1.54, 1.807) is 0 Å². The first-order valence-corrected chi connectivity index (χ1v) is 3.27. The molecule has 0 spiro atoms. The topological polar surface area (TPSA) is 88.4 Å². The lowest BCUT2D eigenvalue weighted by Crippen LogP contribution is -1.89. The monoisotopic (exact) mass is 178 g/mol. The summed E-state index contributed by atoms with van der Waals surface area (Å²) in [6.07, 6.45) is 0.480. The first-order valence-electron chi connectivity index (χ1n) is 3.27. The average Bonchev–Trinajstić information content (AvgIpc) is 2.16. The van der Waals surface area contributed by atoms with Crippen LogP contribution in [0.1, 0.15) is 10.4 Å². The van der Waals surface area contributed by atoms with Crippen LogP contribution in [0.4, 0.5) is 11.4 Å². The molecule has 64 valence electrons. The van der Waals surface area contributed by atoms with E-state index in [1.165, 1.54) is 12.1 Å². The lowest BCUT2D eigenvalue weighted by molar-refractivity contribution is -0.383. The van der Waals surface area contributed by atoms with E-state index in [9.17, 15) is 14.9 Å². The highest BCUT2D eigenvalue weighted by Crippen LogP contribution is 2.27. The molecule has 0 saturated heterocycles. The molecule has 0 N–H and O–H groups in total. The number of hydrogen-bond donors (Lipinski definition) is 0. The van der Waals surface area contributed by atoms with Gasteiger partial charge in [-0.2, -0.15) is 0 Å². The van der Waals surface area contributed by atoms with Crippen LogP contribution in [-0.2, 0) is 0 Å².